The molecule has 0 bridgehead atoms. The molecule has 6 heteroatoms. The van der Waals surface area contributed by atoms with Crippen LogP contribution in [0.2, 0.25) is 0 Å². The van der Waals surface area contributed by atoms with E-state index < -0.39 is 0 Å². The number of halogens is 1. The number of hydrogen-bond acceptors (Lipinski definition) is 3. The maximum Gasteiger partial charge on any atom is 0.227 e. The summed E-state index contributed by atoms with van der Waals surface area (Å²) in [7, 11) is 0. The van der Waals surface area contributed by atoms with Crippen molar-refractivity contribution < 1.29 is 14.0 Å². The average Bonchev–Trinajstić information content (AvgIpc) is 3.23. The van der Waals surface area contributed by atoms with Gasteiger partial charge in [0.2, 0.25) is 11.8 Å². The van der Waals surface area contributed by atoms with Crippen LogP contribution in [0.25, 0.3) is 0 Å². The molecule has 0 unspecified atom stereocenters. The number of hydrogen-bond donors (Lipinski definition) is 1. The Morgan fingerprint density at radius 3 is 2.88 bits per heavy atom. The predicted molar refractivity (Wildman–Crippen MR) is 99.2 cm³/mol. The number of aryl methyl sites for hydroxylation is 1. The van der Waals surface area contributed by atoms with Crippen LogP contribution in [0.1, 0.15) is 25.5 Å². The minimum absolute atomic E-state index is 0.0183. The SMILES string of the molecule is C[C@H](CCc1ccco1)NC(=O)[C@@H]1CC(=O)N(c2ccccc2Br)C1. The van der Waals surface area contributed by atoms with Gasteiger partial charge in [-0.05, 0) is 53.5 Å². The fourth-order valence-electron chi connectivity index (χ4n) is 3.03. The average molecular weight is 405 g/mol. The Morgan fingerprint density at radius 2 is 2.16 bits per heavy atom. The van der Waals surface area contributed by atoms with Gasteiger partial charge in [0.25, 0.3) is 0 Å². The van der Waals surface area contributed by atoms with Crippen molar-refractivity contribution in [3.63, 3.8) is 0 Å². The van der Waals surface area contributed by atoms with Gasteiger partial charge in [-0.3, -0.25) is 9.59 Å². The van der Waals surface area contributed by atoms with Crippen LogP contribution in [0, 0.1) is 5.92 Å². The van der Waals surface area contributed by atoms with Crippen LogP contribution in [0.15, 0.2) is 51.6 Å². The molecule has 2 atom stereocenters. The van der Waals surface area contributed by atoms with Crippen LogP contribution in [0.5, 0.6) is 0 Å². The highest BCUT2D eigenvalue weighted by atomic mass is 79.9. The van der Waals surface area contributed by atoms with Crippen molar-refractivity contribution in [1.29, 1.82) is 0 Å². The van der Waals surface area contributed by atoms with E-state index in [0.717, 1.165) is 28.8 Å². The second kappa shape index (κ2) is 7.87. The van der Waals surface area contributed by atoms with Gasteiger partial charge in [-0.15, -0.1) is 0 Å². The molecular formula is C19H21BrN2O3. The van der Waals surface area contributed by atoms with E-state index in [-0.39, 0.29) is 30.2 Å². The highest BCUT2D eigenvalue weighted by Crippen LogP contribution is 2.31. The van der Waals surface area contributed by atoms with Gasteiger partial charge >= 0.3 is 0 Å². The lowest BCUT2D eigenvalue weighted by atomic mass is 10.1. The second-order valence-corrected chi connectivity index (χ2v) is 7.24. The Balaban J connectivity index is 1.54. The molecule has 1 aliphatic rings. The maximum atomic E-state index is 12.5. The van der Waals surface area contributed by atoms with Gasteiger partial charge in [-0.1, -0.05) is 12.1 Å². The monoisotopic (exact) mass is 404 g/mol. The number of furan rings is 1. The molecule has 1 fully saturated rings. The van der Waals surface area contributed by atoms with E-state index in [9.17, 15) is 9.59 Å². The highest BCUT2D eigenvalue weighted by Gasteiger charge is 2.36. The van der Waals surface area contributed by atoms with E-state index >= 15 is 0 Å². The number of nitrogens with zero attached hydrogens (tertiary/aromatic N) is 1. The van der Waals surface area contributed by atoms with E-state index in [1.54, 1.807) is 11.2 Å². The number of rotatable bonds is 6. The van der Waals surface area contributed by atoms with Crippen LogP contribution in [0.4, 0.5) is 5.69 Å². The molecule has 132 valence electrons. The van der Waals surface area contributed by atoms with Gasteiger partial charge < -0.3 is 14.6 Å². The summed E-state index contributed by atoms with van der Waals surface area (Å²) in [5, 5.41) is 3.02. The number of amides is 2. The third-order valence-electron chi connectivity index (χ3n) is 4.43. The van der Waals surface area contributed by atoms with E-state index in [4.69, 9.17) is 4.42 Å². The molecule has 2 aromatic rings. The Morgan fingerprint density at radius 1 is 1.36 bits per heavy atom. The lowest BCUT2D eigenvalue weighted by Crippen LogP contribution is -2.38. The molecule has 0 radical (unpaired) electrons. The zero-order chi connectivity index (χ0) is 17.8. The lowest BCUT2D eigenvalue weighted by Gasteiger charge is -2.19. The topological polar surface area (TPSA) is 62.6 Å². The molecule has 0 aliphatic carbocycles. The molecule has 1 aliphatic heterocycles. The number of benzene rings is 1. The summed E-state index contributed by atoms with van der Waals surface area (Å²) in [4.78, 5) is 26.5. The summed E-state index contributed by atoms with van der Waals surface area (Å²) in [6.07, 6.45) is 3.48. The first-order valence-corrected chi connectivity index (χ1v) is 9.21. The zero-order valence-corrected chi connectivity index (χ0v) is 15.7. The molecule has 0 spiro atoms. The molecule has 1 aromatic heterocycles. The first-order valence-electron chi connectivity index (χ1n) is 8.42. The van der Waals surface area contributed by atoms with Crippen molar-refractivity contribution in [1.82, 2.24) is 5.32 Å². The van der Waals surface area contributed by atoms with E-state index in [0.29, 0.717) is 6.54 Å². The molecule has 1 aromatic carbocycles. The summed E-state index contributed by atoms with van der Waals surface area (Å²) >= 11 is 3.47. The second-order valence-electron chi connectivity index (χ2n) is 6.38. The summed E-state index contributed by atoms with van der Waals surface area (Å²) in [5.41, 5.74) is 0.814. The highest BCUT2D eigenvalue weighted by molar-refractivity contribution is 9.10. The lowest BCUT2D eigenvalue weighted by molar-refractivity contribution is -0.126. The number of anilines is 1. The fraction of sp³-hybridized carbons (Fsp3) is 0.368. The quantitative estimate of drug-likeness (QED) is 0.800. The standard InChI is InChI=1S/C19H21BrN2O3/c1-13(8-9-15-5-4-10-25-15)21-19(24)14-11-18(23)22(12-14)17-7-3-2-6-16(17)20/h2-7,10,13-14H,8-9,11-12H2,1H3,(H,21,24)/t13-,14-/m1/s1. The predicted octanol–water partition coefficient (Wildman–Crippen LogP) is 3.53. The first-order chi connectivity index (χ1) is 12.0. The zero-order valence-electron chi connectivity index (χ0n) is 14.1. The number of carbonyl (C=O) groups excluding carboxylic acids is 2. The minimum atomic E-state index is -0.314. The van der Waals surface area contributed by atoms with Crippen LogP contribution in [0.3, 0.4) is 0 Å². The molecule has 5 nitrogen and oxygen atoms in total. The Labute approximate surface area is 155 Å². The third-order valence-corrected chi connectivity index (χ3v) is 5.10. The van der Waals surface area contributed by atoms with Gasteiger partial charge in [0.05, 0.1) is 17.9 Å². The first kappa shape index (κ1) is 17.7. The van der Waals surface area contributed by atoms with E-state index in [1.807, 2.05) is 43.3 Å². The molecule has 3 rings (SSSR count). The Hall–Kier alpha value is -2.08. The largest absolute Gasteiger partial charge is 0.469 e. The van der Waals surface area contributed by atoms with Gasteiger partial charge in [0, 0.05) is 29.9 Å². The normalized spacial score (nSPS) is 18.4. The molecule has 0 saturated carbocycles. The third kappa shape index (κ3) is 4.31. The number of para-hydroxylation sites is 1. The molecule has 1 saturated heterocycles. The summed E-state index contributed by atoms with van der Waals surface area (Å²) in [5.74, 6) is 0.521. The van der Waals surface area contributed by atoms with Gasteiger partial charge in [0.15, 0.2) is 0 Å². The summed E-state index contributed by atoms with van der Waals surface area (Å²) < 4.78 is 6.17. The van der Waals surface area contributed by atoms with Crippen molar-refractivity contribution in [2.45, 2.75) is 32.2 Å². The van der Waals surface area contributed by atoms with Gasteiger partial charge in [0.1, 0.15) is 5.76 Å². The maximum absolute atomic E-state index is 12.5. The van der Waals surface area contributed by atoms with Crippen molar-refractivity contribution in [2.75, 3.05) is 11.4 Å². The minimum Gasteiger partial charge on any atom is -0.469 e. The van der Waals surface area contributed by atoms with Crippen LogP contribution in [-0.2, 0) is 16.0 Å². The van der Waals surface area contributed by atoms with E-state index in [1.165, 1.54) is 0 Å². The van der Waals surface area contributed by atoms with Crippen molar-refractivity contribution in [3.05, 3.63) is 52.9 Å². The Bertz CT molecular complexity index is 745. The van der Waals surface area contributed by atoms with Crippen LogP contribution in [-0.4, -0.2) is 24.4 Å². The molecule has 1 N–H and O–H groups in total. The van der Waals surface area contributed by atoms with Crippen molar-refractivity contribution in [3.8, 4) is 0 Å². The van der Waals surface area contributed by atoms with Crippen molar-refractivity contribution >= 4 is 33.4 Å². The molecular weight excluding hydrogens is 384 g/mol. The molecule has 2 heterocycles. The summed E-state index contributed by atoms with van der Waals surface area (Å²) in [6, 6.07) is 11.4. The Kier molecular flexibility index (Phi) is 5.58. The number of carbonyl (C=O) groups is 2. The van der Waals surface area contributed by atoms with E-state index in [2.05, 4.69) is 21.2 Å². The van der Waals surface area contributed by atoms with Crippen molar-refractivity contribution in [2.24, 2.45) is 5.92 Å². The molecule has 2 amide bonds. The fourth-order valence-corrected chi connectivity index (χ4v) is 3.53. The molecule has 25 heavy (non-hydrogen) atoms. The smallest absolute Gasteiger partial charge is 0.227 e. The van der Waals surface area contributed by atoms with Crippen LogP contribution >= 0.6 is 15.9 Å². The number of nitrogens with one attached hydrogen (secondary N) is 1. The van der Waals surface area contributed by atoms with Gasteiger partial charge in [-0.2, -0.15) is 0 Å². The van der Waals surface area contributed by atoms with Gasteiger partial charge in [-0.25, -0.2) is 0 Å². The van der Waals surface area contributed by atoms with Crippen LogP contribution < -0.4 is 10.2 Å². The summed E-state index contributed by atoms with van der Waals surface area (Å²) in [6.45, 7) is 2.39.